The first-order valence-corrected chi connectivity index (χ1v) is 8.20. The van der Waals surface area contributed by atoms with E-state index in [1.165, 1.54) is 0 Å². The van der Waals surface area contributed by atoms with E-state index in [0.29, 0.717) is 0 Å². The molecule has 0 aliphatic carbocycles. The van der Waals surface area contributed by atoms with Crippen LogP contribution >= 0.6 is 0 Å². The van der Waals surface area contributed by atoms with Crippen LogP contribution in [0.4, 0.5) is 20.3 Å². The maximum Gasteiger partial charge on any atom is 0.330 e. The molecule has 0 spiro atoms. The monoisotopic (exact) mass is 386 g/mol. The molecule has 3 aromatic rings. The van der Waals surface area contributed by atoms with E-state index in [1.807, 2.05) is 0 Å². The van der Waals surface area contributed by atoms with Crippen LogP contribution in [0.15, 0.2) is 58.1 Å². The number of nitrogen functional groups attached to an aromatic ring is 1. The molecule has 3 N–H and O–H groups in total. The van der Waals surface area contributed by atoms with Gasteiger partial charge in [0.1, 0.15) is 23.0 Å². The molecule has 0 radical (unpaired) electrons. The van der Waals surface area contributed by atoms with Crippen molar-refractivity contribution in [1.29, 1.82) is 0 Å². The number of nitrogens with zero attached hydrogens (tertiary/aromatic N) is 2. The van der Waals surface area contributed by atoms with Gasteiger partial charge in [0.2, 0.25) is 0 Å². The van der Waals surface area contributed by atoms with Gasteiger partial charge in [0.15, 0.2) is 5.69 Å². The Morgan fingerprint density at radius 2 is 1.68 bits per heavy atom. The van der Waals surface area contributed by atoms with Gasteiger partial charge in [0.25, 0.3) is 11.5 Å². The summed E-state index contributed by atoms with van der Waals surface area (Å²) in [4.78, 5) is 39.9. The second-order valence-corrected chi connectivity index (χ2v) is 6.03. The fraction of sp³-hybridized carbons (Fsp3) is 0.105. The fourth-order valence-corrected chi connectivity index (χ4v) is 2.80. The number of benzene rings is 2. The average Bonchev–Trinajstić information content (AvgIpc) is 2.65. The predicted molar refractivity (Wildman–Crippen MR) is 100 cm³/mol. The van der Waals surface area contributed by atoms with Crippen molar-refractivity contribution < 1.29 is 13.6 Å². The van der Waals surface area contributed by atoms with Crippen LogP contribution in [0.5, 0.6) is 0 Å². The first kappa shape index (κ1) is 19.0. The van der Waals surface area contributed by atoms with E-state index < -0.39 is 34.4 Å². The van der Waals surface area contributed by atoms with Gasteiger partial charge in [-0.3, -0.25) is 19.1 Å². The average molecular weight is 386 g/mol. The summed E-state index contributed by atoms with van der Waals surface area (Å²) in [7, 11) is 1.15. The predicted octanol–water partition coefficient (Wildman–Crippen LogP) is 1.72. The van der Waals surface area contributed by atoms with Gasteiger partial charge in [-0.1, -0.05) is 36.4 Å². The summed E-state index contributed by atoms with van der Waals surface area (Å²) in [6, 6.07) is 11.8. The topological polar surface area (TPSA) is 101 Å². The smallest absolute Gasteiger partial charge is 0.330 e. The van der Waals surface area contributed by atoms with Crippen LogP contribution in [-0.4, -0.2) is 22.5 Å². The molecule has 0 saturated heterocycles. The Hall–Kier alpha value is -3.75. The fourth-order valence-electron chi connectivity index (χ4n) is 2.80. The van der Waals surface area contributed by atoms with Gasteiger partial charge < -0.3 is 10.6 Å². The van der Waals surface area contributed by atoms with Gasteiger partial charge in [-0.15, -0.1) is 0 Å². The number of aromatic amines is 1. The number of carbonyl (C=O) groups is 1. The van der Waals surface area contributed by atoms with E-state index in [1.54, 1.807) is 30.3 Å². The zero-order chi connectivity index (χ0) is 20.4. The van der Waals surface area contributed by atoms with Gasteiger partial charge >= 0.3 is 5.69 Å². The highest BCUT2D eigenvalue weighted by atomic mass is 19.1. The minimum atomic E-state index is -1.11. The Bertz CT molecular complexity index is 1140. The number of H-pyrrole nitrogens is 1. The standard InChI is InChI=1S/C19H16F2N4O3/c1-24(18(27)14-12(20)8-5-9-13(14)21)15-16(22)25(19(28)23-17(15)26)10-11-6-3-2-4-7-11/h2-9H,10,22H2,1H3,(H,23,26,28). The van der Waals surface area contributed by atoms with Crippen LogP contribution in [0.2, 0.25) is 0 Å². The SMILES string of the molecule is CN(C(=O)c1c(F)cccc1F)c1c(N)n(Cc2ccccc2)c(=O)[nH]c1=O. The van der Waals surface area contributed by atoms with Crippen LogP contribution in [0.3, 0.4) is 0 Å². The molecule has 0 aliphatic heterocycles. The summed E-state index contributed by atoms with van der Waals surface area (Å²) in [5.41, 5.74) is 3.78. The molecule has 7 nitrogen and oxygen atoms in total. The molecular formula is C19H16F2N4O3. The quantitative estimate of drug-likeness (QED) is 0.713. The third kappa shape index (κ3) is 3.41. The van der Waals surface area contributed by atoms with Gasteiger partial charge in [-0.05, 0) is 17.7 Å². The van der Waals surface area contributed by atoms with E-state index in [4.69, 9.17) is 5.73 Å². The van der Waals surface area contributed by atoms with Gasteiger partial charge in [0, 0.05) is 7.05 Å². The summed E-state index contributed by atoms with van der Waals surface area (Å²) in [6.07, 6.45) is 0. The van der Waals surface area contributed by atoms with Crippen LogP contribution in [0.1, 0.15) is 15.9 Å². The summed E-state index contributed by atoms with van der Waals surface area (Å²) < 4.78 is 29.0. The third-order valence-electron chi connectivity index (χ3n) is 4.21. The lowest BCUT2D eigenvalue weighted by atomic mass is 10.1. The van der Waals surface area contributed by atoms with Gasteiger partial charge in [-0.25, -0.2) is 13.6 Å². The minimum Gasteiger partial charge on any atom is -0.383 e. The van der Waals surface area contributed by atoms with Crippen molar-refractivity contribution in [2.75, 3.05) is 17.7 Å². The van der Waals surface area contributed by atoms with Crippen molar-refractivity contribution in [3.63, 3.8) is 0 Å². The highest BCUT2D eigenvalue weighted by molar-refractivity contribution is 6.07. The number of hydrogen-bond acceptors (Lipinski definition) is 4. The summed E-state index contributed by atoms with van der Waals surface area (Å²) in [6.45, 7) is 0.0331. The normalized spacial score (nSPS) is 10.7. The Labute approximate surface area is 157 Å². The molecule has 1 amide bonds. The van der Waals surface area contributed by atoms with Crippen molar-refractivity contribution in [2.24, 2.45) is 0 Å². The summed E-state index contributed by atoms with van der Waals surface area (Å²) >= 11 is 0. The first-order chi connectivity index (χ1) is 13.3. The van der Waals surface area contributed by atoms with E-state index in [-0.39, 0.29) is 18.1 Å². The van der Waals surface area contributed by atoms with Crippen molar-refractivity contribution >= 4 is 17.4 Å². The molecule has 0 saturated carbocycles. The van der Waals surface area contributed by atoms with Gasteiger partial charge in [-0.2, -0.15) is 0 Å². The van der Waals surface area contributed by atoms with Crippen molar-refractivity contribution in [3.05, 3.63) is 92.1 Å². The number of halogens is 2. The molecule has 9 heteroatoms. The second-order valence-electron chi connectivity index (χ2n) is 6.03. The summed E-state index contributed by atoms with van der Waals surface area (Å²) in [5, 5.41) is 0. The summed E-state index contributed by atoms with van der Waals surface area (Å²) in [5.74, 6) is -3.57. The van der Waals surface area contributed by atoms with Crippen LogP contribution in [0.25, 0.3) is 0 Å². The highest BCUT2D eigenvalue weighted by Crippen LogP contribution is 2.21. The molecule has 2 aromatic carbocycles. The van der Waals surface area contributed by atoms with Crippen LogP contribution in [-0.2, 0) is 6.54 Å². The number of rotatable bonds is 4. The Morgan fingerprint density at radius 3 is 2.29 bits per heavy atom. The lowest BCUT2D eigenvalue weighted by Gasteiger charge is -2.21. The largest absolute Gasteiger partial charge is 0.383 e. The number of aromatic nitrogens is 2. The number of amides is 1. The number of anilines is 2. The second kappa shape index (κ2) is 7.47. The lowest BCUT2D eigenvalue weighted by Crippen LogP contribution is -2.39. The molecule has 0 atom stereocenters. The van der Waals surface area contributed by atoms with Crippen molar-refractivity contribution in [3.8, 4) is 0 Å². The number of hydrogen-bond donors (Lipinski definition) is 2. The van der Waals surface area contributed by atoms with Gasteiger partial charge in [0.05, 0.1) is 6.54 Å². The molecule has 1 heterocycles. The zero-order valence-electron chi connectivity index (χ0n) is 14.8. The van der Waals surface area contributed by atoms with Crippen molar-refractivity contribution in [1.82, 2.24) is 9.55 Å². The number of carbonyl (C=O) groups excluding carboxylic acids is 1. The highest BCUT2D eigenvalue weighted by Gasteiger charge is 2.26. The molecule has 144 valence electrons. The molecule has 0 bridgehead atoms. The minimum absolute atomic E-state index is 0.0331. The maximum absolute atomic E-state index is 13.9. The zero-order valence-corrected chi connectivity index (χ0v) is 14.8. The molecule has 0 aliphatic rings. The van der Waals surface area contributed by atoms with Crippen molar-refractivity contribution in [2.45, 2.75) is 6.54 Å². The number of nitrogens with two attached hydrogens (primary N) is 1. The molecule has 28 heavy (non-hydrogen) atoms. The van der Waals surface area contributed by atoms with Crippen LogP contribution < -0.4 is 21.9 Å². The van der Waals surface area contributed by atoms with E-state index in [9.17, 15) is 23.2 Å². The first-order valence-electron chi connectivity index (χ1n) is 8.20. The molecular weight excluding hydrogens is 370 g/mol. The van der Waals surface area contributed by atoms with E-state index in [2.05, 4.69) is 4.98 Å². The lowest BCUT2D eigenvalue weighted by molar-refractivity contribution is 0.0984. The molecule has 0 unspecified atom stereocenters. The number of nitrogens with one attached hydrogen (secondary N) is 1. The van der Waals surface area contributed by atoms with E-state index in [0.717, 1.165) is 40.3 Å². The Kier molecular flexibility index (Phi) is 5.08. The Morgan fingerprint density at radius 1 is 1.07 bits per heavy atom. The van der Waals surface area contributed by atoms with Crippen LogP contribution in [0, 0.1) is 11.6 Å². The molecule has 0 fully saturated rings. The molecule has 1 aromatic heterocycles. The molecule has 3 rings (SSSR count). The Balaban J connectivity index is 2.09. The maximum atomic E-state index is 13.9. The van der Waals surface area contributed by atoms with E-state index >= 15 is 0 Å². The third-order valence-corrected chi connectivity index (χ3v) is 4.21.